The van der Waals surface area contributed by atoms with Crippen molar-refractivity contribution in [2.75, 3.05) is 52.6 Å². The molecule has 104 valence electrons. The highest BCUT2D eigenvalue weighted by Gasteiger charge is 1.89. The number of nitrogens with one attached hydrogen (secondary N) is 2. The van der Waals surface area contributed by atoms with Crippen molar-refractivity contribution in [2.24, 2.45) is 0 Å². The van der Waals surface area contributed by atoms with Crippen LogP contribution in [0.5, 0.6) is 0 Å². The Kier molecular flexibility index (Phi) is 9.83. The van der Waals surface area contributed by atoms with Crippen LogP contribution < -0.4 is 10.6 Å². The molecule has 0 amide bonds. The molecule has 0 fully saturated rings. The molecule has 6 nitrogen and oxygen atoms in total. The maximum atomic E-state index is 5.22. The van der Waals surface area contributed by atoms with Crippen LogP contribution in [0.3, 0.4) is 0 Å². The number of hydrogen-bond acceptors (Lipinski definition) is 6. The van der Waals surface area contributed by atoms with Gasteiger partial charge >= 0.3 is 0 Å². The van der Waals surface area contributed by atoms with Crippen molar-refractivity contribution in [3.05, 3.63) is 25.0 Å². The lowest BCUT2D eigenvalue weighted by atomic mass is 10.6. The summed E-state index contributed by atoms with van der Waals surface area (Å²) in [6, 6.07) is 0. The normalized spacial score (nSPS) is 20.4. The molecule has 1 aliphatic heterocycles. The number of ether oxygens (including phenoxy) is 4. The fourth-order valence-corrected chi connectivity index (χ4v) is 1.20. The number of hydrogen-bond donors (Lipinski definition) is 2. The van der Waals surface area contributed by atoms with E-state index in [1.807, 2.05) is 0 Å². The molecule has 0 aromatic carbocycles. The predicted octanol–water partition coefficient (Wildman–Crippen LogP) is 0.188. The third-order valence-corrected chi connectivity index (χ3v) is 2.08. The summed E-state index contributed by atoms with van der Waals surface area (Å²) >= 11 is 0. The fourth-order valence-electron chi connectivity index (χ4n) is 1.20. The molecule has 0 saturated heterocycles. The van der Waals surface area contributed by atoms with Crippen LogP contribution in [0, 0.1) is 0 Å². The van der Waals surface area contributed by atoms with Crippen LogP contribution in [-0.2, 0) is 18.9 Å². The highest BCUT2D eigenvalue weighted by atomic mass is 16.5. The summed E-state index contributed by atoms with van der Waals surface area (Å²) < 4.78 is 20.9. The average Bonchev–Trinajstić information content (AvgIpc) is 2.39. The van der Waals surface area contributed by atoms with Gasteiger partial charge in [0.25, 0.3) is 0 Å². The predicted molar refractivity (Wildman–Crippen MR) is 67.8 cm³/mol. The summed E-state index contributed by atoms with van der Waals surface area (Å²) in [5.41, 5.74) is 0. The van der Waals surface area contributed by atoms with Crippen LogP contribution in [0.25, 0.3) is 0 Å². The fraction of sp³-hybridized carbons (Fsp3) is 0.667. The first-order chi connectivity index (χ1) is 9.00. The van der Waals surface area contributed by atoms with Gasteiger partial charge in [0.15, 0.2) is 0 Å². The third kappa shape index (κ3) is 9.80. The minimum Gasteiger partial charge on any atom is -0.497 e. The van der Waals surface area contributed by atoms with Crippen LogP contribution in [0.15, 0.2) is 25.0 Å². The summed E-state index contributed by atoms with van der Waals surface area (Å²) in [5.74, 6) is 0. The molecule has 0 bridgehead atoms. The van der Waals surface area contributed by atoms with Crippen molar-refractivity contribution in [3.8, 4) is 0 Å². The topological polar surface area (TPSA) is 61.0 Å². The molecule has 2 N–H and O–H groups in total. The van der Waals surface area contributed by atoms with Gasteiger partial charge in [-0.25, -0.2) is 0 Å². The standard InChI is InChI=1S/C12H22N2O4/c1-5-15-9-10-17-7-3-14-4-8-18-12-11-16-6-2-13-1/h9-14H,1-8H2. The Morgan fingerprint density at radius 3 is 1.06 bits per heavy atom. The second kappa shape index (κ2) is 12.1. The van der Waals surface area contributed by atoms with E-state index in [1.54, 1.807) is 25.0 Å². The molecule has 0 unspecified atom stereocenters. The lowest BCUT2D eigenvalue weighted by Crippen LogP contribution is -2.23. The van der Waals surface area contributed by atoms with Gasteiger partial charge in [-0.2, -0.15) is 0 Å². The molecule has 0 atom stereocenters. The third-order valence-electron chi connectivity index (χ3n) is 2.08. The largest absolute Gasteiger partial charge is 0.497 e. The van der Waals surface area contributed by atoms with Crippen molar-refractivity contribution in [1.82, 2.24) is 10.6 Å². The van der Waals surface area contributed by atoms with Crippen molar-refractivity contribution >= 4 is 0 Å². The first-order valence-electron chi connectivity index (χ1n) is 6.18. The minimum absolute atomic E-state index is 0.608. The molecular formula is C12H22N2O4. The van der Waals surface area contributed by atoms with Gasteiger partial charge in [-0.3, -0.25) is 0 Å². The van der Waals surface area contributed by atoms with E-state index in [4.69, 9.17) is 18.9 Å². The second-order valence-electron chi connectivity index (χ2n) is 3.53. The average molecular weight is 258 g/mol. The van der Waals surface area contributed by atoms with E-state index in [-0.39, 0.29) is 0 Å². The molecule has 0 aliphatic carbocycles. The molecule has 0 spiro atoms. The van der Waals surface area contributed by atoms with Crippen molar-refractivity contribution in [1.29, 1.82) is 0 Å². The molecule has 6 heteroatoms. The van der Waals surface area contributed by atoms with Gasteiger partial charge in [-0.15, -0.1) is 0 Å². The Bertz CT molecular complexity index is 190. The molecule has 18 heavy (non-hydrogen) atoms. The molecule has 0 aromatic heterocycles. The van der Waals surface area contributed by atoms with E-state index >= 15 is 0 Å². The Labute approximate surface area is 108 Å². The van der Waals surface area contributed by atoms with Gasteiger partial charge in [0, 0.05) is 26.2 Å². The molecule has 1 aliphatic rings. The lowest BCUT2D eigenvalue weighted by molar-refractivity contribution is 0.185. The van der Waals surface area contributed by atoms with Gasteiger partial charge in [0.1, 0.15) is 25.0 Å². The summed E-state index contributed by atoms with van der Waals surface area (Å²) in [7, 11) is 0. The SMILES string of the molecule is C1=COCCNCCOC=COCCNCCO1. The second-order valence-corrected chi connectivity index (χ2v) is 3.53. The van der Waals surface area contributed by atoms with Crippen LogP contribution in [0.4, 0.5) is 0 Å². The molecular weight excluding hydrogens is 236 g/mol. The van der Waals surface area contributed by atoms with Gasteiger partial charge in [0.2, 0.25) is 0 Å². The maximum absolute atomic E-state index is 5.22. The van der Waals surface area contributed by atoms with Crippen LogP contribution >= 0.6 is 0 Å². The first-order valence-corrected chi connectivity index (χ1v) is 6.18. The van der Waals surface area contributed by atoms with Crippen molar-refractivity contribution < 1.29 is 18.9 Å². The quantitative estimate of drug-likeness (QED) is 0.647. The maximum Gasteiger partial charge on any atom is 0.117 e. The van der Waals surface area contributed by atoms with Crippen LogP contribution in [0.2, 0.25) is 0 Å². The summed E-state index contributed by atoms with van der Waals surface area (Å²) in [4.78, 5) is 0. The highest BCUT2D eigenvalue weighted by Crippen LogP contribution is 1.83. The van der Waals surface area contributed by atoms with Gasteiger partial charge in [-0.05, 0) is 0 Å². The van der Waals surface area contributed by atoms with E-state index in [2.05, 4.69) is 10.6 Å². The van der Waals surface area contributed by atoms with E-state index in [1.165, 1.54) is 0 Å². The molecule has 1 heterocycles. The lowest BCUT2D eigenvalue weighted by Gasteiger charge is -2.07. The highest BCUT2D eigenvalue weighted by molar-refractivity contribution is 4.64. The van der Waals surface area contributed by atoms with Crippen LogP contribution in [0.1, 0.15) is 0 Å². The molecule has 0 saturated carbocycles. The monoisotopic (exact) mass is 258 g/mol. The Morgan fingerprint density at radius 1 is 0.500 bits per heavy atom. The van der Waals surface area contributed by atoms with E-state index < -0.39 is 0 Å². The minimum atomic E-state index is 0.608. The Hall–Kier alpha value is -1.40. The zero-order chi connectivity index (χ0) is 12.7. The Morgan fingerprint density at radius 2 is 0.778 bits per heavy atom. The number of rotatable bonds is 0. The van der Waals surface area contributed by atoms with Gasteiger partial charge < -0.3 is 29.6 Å². The zero-order valence-corrected chi connectivity index (χ0v) is 10.6. The first kappa shape index (κ1) is 14.7. The van der Waals surface area contributed by atoms with Crippen LogP contribution in [-0.4, -0.2) is 52.6 Å². The van der Waals surface area contributed by atoms with E-state index in [9.17, 15) is 0 Å². The molecule has 0 aromatic rings. The van der Waals surface area contributed by atoms with Gasteiger partial charge in [-0.1, -0.05) is 0 Å². The summed E-state index contributed by atoms with van der Waals surface area (Å²) in [5, 5.41) is 6.36. The van der Waals surface area contributed by atoms with E-state index in [0.29, 0.717) is 26.4 Å². The molecule has 1 rings (SSSR count). The van der Waals surface area contributed by atoms with Crippen molar-refractivity contribution in [2.45, 2.75) is 0 Å². The smallest absolute Gasteiger partial charge is 0.117 e. The van der Waals surface area contributed by atoms with Gasteiger partial charge in [0.05, 0.1) is 26.4 Å². The van der Waals surface area contributed by atoms with E-state index in [0.717, 1.165) is 26.2 Å². The molecule has 0 radical (unpaired) electrons. The zero-order valence-electron chi connectivity index (χ0n) is 10.6. The van der Waals surface area contributed by atoms with Crippen molar-refractivity contribution in [3.63, 3.8) is 0 Å². The summed E-state index contributed by atoms with van der Waals surface area (Å²) in [6.07, 6.45) is 6.25. The summed E-state index contributed by atoms with van der Waals surface area (Å²) in [6.45, 7) is 5.53. The Balaban J connectivity index is 2.12.